The minimum Gasteiger partial charge on any atom is -0.344 e. The first-order valence-electron chi connectivity index (χ1n) is 9.42. The zero-order valence-corrected chi connectivity index (χ0v) is 16.4. The van der Waals surface area contributed by atoms with Gasteiger partial charge in [-0.2, -0.15) is 18.0 Å². The zero-order valence-electron chi connectivity index (χ0n) is 15.6. The summed E-state index contributed by atoms with van der Waals surface area (Å²) >= 11 is 0. The summed E-state index contributed by atoms with van der Waals surface area (Å²) < 4.78 is 31.6. The van der Waals surface area contributed by atoms with E-state index in [4.69, 9.17) is 5.26 Å². The molecular weight excluding hydrogens is 374 g/mol. The predicted octanol–water partition coefficient (Wildman–Crippen LogP) is 2.25. The van der Waals surface area contributed by atoms with Crippen LogP contribution in [-0.4, -0.2) is 54.4 Å². The van der Waals surface area contributed by atoms with Gasteiger partial charge in [0.15, 0.2) is 6.19 Å². The number of aromatic nitrogens is 1. The van der Waals surface area contributed by atoms with Crippen molar-refractivity contribution in [1.29, 1.82) is 5.26 Å². The summed E-state index contributed by atoms with van der Waals surface area (Å²) in [6.45, 7) is 1.99. The molecule has 3 aromatic rings. The molecule has 5 rings (SSSR count). The lowest BCUT2D eigenvalue weighted by Crippen LogP contribution is -2.41. The lowest BCUT2D eigenvalue weighted by Gasteiger charge is -2.24. The molecule has 7 nitrogen and oxygen atoms in total. The molecule has 0 saturated carbocycles. The normalized spacial score (nSPS) is 22.4. The van der Waals surface area contributed by atoms with Crippen LogP contribution in [0.15, 0.2) is 42.5 Å². The maximum absolute atomic E-state index is 13.2. The second kappa shape index (κ2) is 6.12. The molecule has 2 aliphatic rings. The third kappa shape index (κ3) is 2.40. The largest absolute Gasteiger partial charge is 0.344 e. The van der Waals surface area contributed by atoms with Crippen LogP contribution >= 0.6 is 0 Å². The highest BCUT2D eigenvalue weighted by atomic mass is 32.2. The second-order valence-electron chi connectivity index (χ2n) is 7.46. The van der Waals surface area contributed by atoms with Gasteiger partial charge in [-0.3, -0.25) is 4.31 Å². The Hall–Kier alpha value is -2.76. The molecule has 2 aliphatic heterocycles. The number of aryl methyl sites for hydroxylation is 1. The summed E-state index contributed by atoms with van der Waals surface area (Å²) in [5.74, 6) is 0. The van der Waals surface area contributed by atoms with Crippen molar-refractivity contribution >= 4 is 37.7 Å². The lowest BCUT2D eigenvalue weighted by atomic mass is 10.1. The van der Waals surface area contributed by atoms with Gasteiger partial charge in [-0.1, -0.05) is 24.3 Å². The Morgan fingerprint density at radius 1 is 1.04 bits per heavy atom. The first-order valence-corrected chi connectivity index (χ1v) is 10.8. The highest BCUT2D eigenvalue weighted by Crippen LogP contribution is 2.34. The van der Waals surface area contributed by atoms with Crippen molar-refractivity contribution in [3.63, 3.8) is 0 Å². The highest BCUT2D eigenvalue weighted by molar-refractivity contribution is 7.90. The van der Waals surface area contributed by atoms with Crippen LogP contribution in [0.5, 0.6) is 0 Å². The van der Waals surface area contributed by atoms with E-state index in [1.54, 1.807) is 9.21 Å². The van der Waals surface area contributed by atoms with Gasteiger partial charge in [-0.25, -0.2) is 0 Å². The first-order chi connectivity index (χ1) is 13.5. The first kappa shape index (κ1) is 17.3. The Morgan fingerprint density at radius 2 is 1.82 bits per heavy atom. The topological polar surface area (TPSA) is 72.6 Å². The molecule has 0 radical (unpaired) electrons. The monoisotopic (exact) mass is 395 g/mol. The van der Waals surface area contributed by atoms with Gasteiger partial charge in [0.05, 0.1) is 11.2 Å². The zero-order chi connectivity index (χ0) is 19.5. The fourth-order valence-corrected chi connectivity index (χ4v) is 6.36. The molecule has 2 fully saturated rings. The number of para-hydroxylation sites is 1. The fraction of sp³-hybridized carbons (Fsp3) is 0.350. The van der Waals surface area contributed by atoms with E-state index in [9.17, 15) is 8.42 Å². The number of benzene rings is 2. The smallest absolute Gasteiger partial charge is 0.304 e. The van der Waals surface area contributed by atoms with Crippen molar-refractivity contribution in [3.05, 3.63) is 42.5 Å². The van der Waals surface area contributed by atoms with Crippen LogP contribution in [0.25, 0.3) is 21.8 Å². The van der Waals surface area contributed by atoms with Crippen LogP contribution < -0.4 is 4.31 Å². The van der Waals surface area contributed by atoms with E-state index in [1.165, 1.54) is 9.69 Å². The van der Waals surface area contributed by atoms with Gasteiger partial charge in [0, 0.05) is 55.6 Å². The highest BCUT2D eigenvalue weighted by Gasteiger charge is 2.43. The van der Waals surface area contributed by atoms with E-state index >= 15 is 0 Å². The number of nitrogens with zero attached hydrogens (tertiary/aromatic N) is 5. The Balaban J connectivity index is 1.53. The second-order valence-corrected chi connectivity index (χ2v) is 9.26. The molecular formula is C20H21N5O2S. The van der Waals surface area contributed by atoms with Gasteiger partial charge in [0.2, 0.25) is 0 Å². The Bertz CT molecular complexity index is 1230. The van der Waals surface area contributed by atoms with Gasteiger partial charge in [-0.15, -0.1) is 0 Å². The van der Waals surface area contributed by atoms with Crippen molar-refractivity contribution in [3.8, 4) is 6.19 Å². The molecule has 28 heavy (non-hydrogen) atoms. The van der Waals surface area contributed by atoms with Gasteiger partial charge >= 0.3 is 10.2 Å². The van der Waals surface area contributed by atoms with Crippen molar-refractivity contribution in [1.82, 2.24) is 13.8 Å². The van der Waals surface area contributed by atoms with Crippen LogP contribution in [0.4, 0.5) is 5.69 Å². The van der Waals surface area contributed by atoms with Gasteiger partial charge < -0.3 is 9.47 Å². The maximum Gasteiger partial charge on any atom is 0.304 e. The summed E-state index contributed by atoms with van der Waals surface area (Å²) in [6.07, 6.45) is 2.82. The fourth-order valence-electron chi connectivity index (χ4n) is 4.55. The van der Waals surface area contributed by atoms with Crippen molar-refractivity contribution in [2.45, 2.75) is 12.5 Å². The average molecular weight is 395 g/mol. The number of nitriles is 1. The molecule has 0 unspecified atom stereocenters. The van der Waals surface area contributed by atoms with E-state index in [2.05, 4.69) is 22.9 Å². The number of rotatable bonds is 2. The number of fused-ring (bicyclic) bond motifs is 3. The molecule has 1 atom stereocenters. The molecule has 0 amide bonds. The van der Waals surface area contributed by atoms with Crippen molar-refractivity contribution in [2.24, 2.45) is 7.05 Å². The summed E-state index contributed by atoms with van der Waals surface area (Å²) in [6, 6.07) is 13.9. The Labute approximate surface area is 164 Å². The van der Waals surface area contributed by atoms with Gasteiger partial charge in [0.25, 0.3) is 0 Å². The minimum absolute atomic E-state index is 0.129. The van der Waals surface area contributed by atoms with Crippen molar-refractivity contribution < 1.29 is 8.42 Å². The summed E-state index contributed by atoms with van der Waals surface area (Å²) in [4.78, 5) is 1.63. The van der Waals surface area contributed by atoms with Crippen molar-refractivity contribution in [2.75, 3.05) is 30.5 Å². The molecule has 0 bridgehead atoms. The number of anilines is 1. The molecule has 0 N–H and O–H groups in total. The van der Waals surface area contributed by atoms with E-state index in [0.29, 0.717) is 38.3 Å². The van der Waals surface area contributed by atoms with Crippen LogP contribution in [0.3, 0.4) is 0 Å². The Morgan fingerprint density at radius 3 is 2.61 bits per heavy atom. The molecule has 2 aromatic carbocycles. The van der Waals surface area contributed by atoms with Crippen LogP contribution in [0, 0.1) is 11.5 Å². The van der Waals surface area contributed by atoms with Crippen LogP contribution in [0.1, 0.15) is 6.42 Å². The quantitative estimate of drug-likeness (QED) is 0.624. The van der Waals surface area contributed by atoms with E-state index in [1.807, 2.05) is 37.4 Å². The van der Waals surface area contributed by atoms with Crippen LogP contribution in [0.2, 0.25) is 0 Å². The molecule has 2 saturated heterocycles. The maximum atomic E-state index is 13.2. The Kier molecular flexibility index (Phi) is 3.79. The predicted molar refractivity (Wildman–Crippen MR) is 109 cm³/mol. The number of hydrogen-bond donors (Lipinski definition) is 0. The third-order valence-corrected chi connectivity index (χ3v) is 8.02. The standard InChI is InChI=1S/C20H21N5O2S/c1-22-19-5-3-2-4-17(19)18-7-6-15(12-20(18)22)24-10-11-25(28(24,26)27)16-8-9-23(13-16)14-21/h2-7,12,16H,8-11,13H2,1H3/t16-/m1/s1. The van der Waals surface area contributed by atoms with Gasteiger partial charge in [0.1, 0.15) is 0 Å². The molecule has 3 heterocycles. The van der Waals surface area contributed by atoms with E-state index in [0.717, 1.165) is 16.4 Å². The van der Waals surface area contributed by atoms with E-state index < -0.39 is 10.2 Å². The minimum atomic E-state index is -3.59. The molecule has 144 valence electrons. The SMILES string of the molecule is Cn1c2ccccc2c2ccc(N3CCN([C@@H]4CCN(C#N)C4)S3(=O)=O)cc21. The molecule has 1 aromatic heterocycles. The molecule has 0 spiro atoms. The number of likely N-dealkylation sites (tertiary alicyclic amines) is 1. The van der Waals surface area contributed by atoms with Crippen LogP contribution in [-0.2, 0) is 17.3 Å². The average Bonchev–Trinajstić information content (AvgIpc) is 3.37. The molecule has 8 heteroatoms. The van der Waals surface area contributed by atoms with Gasteiger partial charge in [-0.05, 0) is 24.6 Å². The summed E-state index contributed by atoms with van der Waals surface area (Å²) in [5.41, 5.74) is 2.84. The summed E-state index contributed by atoms with van der Waals surface area (Å²) in [7, 11) is -1.58. The third-order valence-electron chi connectivity index (χ3n) is 6.00. The summed E-state index contributed by atoms with van der Waals surface area (Å²) in [5, 5.41) is 11.4. The number of hydrogen-bond acceptors (Lipinski definition) is 4. The van der Waals surface area contributed by atoms with E-state index in [-0.39, 0.29) is 6.04 Å². The lowest BCUT2D eigenvalue weighted by molar-refractivity contribution is 0.345. The molecule has 0 aliphatic carbocycles.